The van der Waals surface area contributed by atoms with Crippen molar-refractivity contribution >= 4 is 28.6 Å². The van der Waals surface area contributed by atoms with Crippen molar-refractivity contribution in [1.82, 2.24) is 19.7 Å². The molecule has 114 valence electrons. The van der Waals surface area contributed by atoms with E-state index in [0.717, 1.165) is 11.0 Å². The van der Waals surface area contributed by atoms with Gasteiger partial charge in [0.15, 0.2) is 0 Å². The Hall–Kier alpha value is -2.83. The van der Waals surface area contributed by atoms with Crippen molar-refractivity contribution in [3.8, 4) is 0 Å². The standard InChI is InChI=1S/C15H18N6O/c1-9(2)17-15-19-12-5-4-10(6-13(12)20-15)14(22)18-11-7-16-21(3)8-11/h4-9H,1-3H3,(H,18,22)(H2,17,19,20). The minimum atomic E-state index is -0.178. The second kappa shape index (κ2) is 5.51. The average Bonchev–Trinajstić information content (AvgIpc) is 3.02. The summed E-state index contributed by atoms with van der Waals surface area (Å²) in [6.45, 7) is 4.08. The van der Waals surface area contributed by atoms with Crippen LogP contribution in [-0.4, -0.2) is 31.7 Å². The Morgan fingerprint density at radius 3 is 2.86 bits per heavy atom. The number of anilines is 2. The highest BCUT2D eigenvalue weighted by atomic mass is 16.1. The second-order valence-corrected chi connectivity index (χ2v) is 5.47. The maximum atomic E-state index is 12.3. The van der Waals surface area contributed by atoms with Gasteiger partial charge in [-0.2, -0.15) is 5.10 Å². The van der Waals surface area contributed by atoms with Gasteiger partial charge in [-0.3, -0.25) is 9.48 Å². The minimum Gasteiger partial charge on any atom is -0.354 e. The Balaban J connectivity index is 1.83. The molecule has 3 rings (SSSR count). The zero-order valence-corrected chi connectivity index (χ0v) is 12.7. The SMILES string of the molecule is CC(C)Nc1nc2ccc(C(=O)Nc3cnn(C)c3)cc2[nH]1. The molecule has 1 amide bonds. The van der Waals surface area contributed by atoms with E-state index < -0.39 is 0 Å². The molecule has 7 heteroatoms. The summed E-state index contributed by atoms with van der Waals surface area (Å²) in [4.78, 5) is 19.9. The number of benzene rings is 1. The minimum absolute atomic E-state index is 0.178. The van der Waals surface area contributed by atoms with Crippen molar-refractivity contribution in [2.24, 2.45) is 7.05 Å². The van der Waals surface area contributed by atoms with Crippen LogP contribution in [0, 0.1) is 0 Å². The lowest BCUT2D eigenvalue weighted by atomic mass is 10.2. The van der Waals surface area contributed by atoms with Gasteiger partial charge in [-0.25, -0.2) is 4.98 Å². The number of nitrogens with zero attached hydrogens (tertiary/aromatic N) is 3. The summed E-state index contributed by atoms with van der Waals surface area (Å²) in [5.41, 5.74) is 2.87. The first kappa shape index (κ1) is 14.1. The Morgan fingerprint density at radius 2 is 2.18 bits per heavy atom. The largest absolute Gasteiger partial charge is 0.354 e. The third-order valence-electron chi connectivity index (χ3n) is 3.13. The lowest BCUT2D eigenvalue weighted by Gasteiger charge is -2.04. The Morgan fingerprint density at radius 1 is 1.36 bits per heavy atom. The molecule has 3 N–H and O–H groups in total. The van der Waals surface area contributed by atoms with Crippen LogP contribution >= 0.6 is 0 Å². The van der Waals surface area contributed by atoms with E-state index in [1.807, 2.05) is 19.9 Å². The lowest BCUT2D eigenvalue weighted by molar-refractivity contribution is 0.102. The molecular weight excluding hydrogens is 280 g/mol. The molecule has 2 aromatic heterocycles. The molecule has 0 aliphatic heterocycles. The molecule has 0 atom stereocenters. The lowest BCUT2D eigenvalue weighted by Crippen LogP contribution is -2.11. The average molecular weight is 298 g/mol. The monoisotopic (exact) mass is 298 g/mol. The van der Waals surface area contributed by atoms with Gasteiger partial charge < -0.3 is 15.6 Å². The number of hydrogen-bond acceptors (Lipinski definition) is 4. The van der Waals surface area contributed by atoms with Crippen LogP contribution in [-0.2, 0) is 7.05 Å². The quantitative estimate of drug-likeness (QED) is 0.690. The molecule has 0 unspecified atom stereocenters. The fraction of sp³-hybridized carbons (Fsp3) is 0.267. The molecule has 1 aromatic carbocycles. The van der Waals surface area contributed by atoms with Crippen molar-refractivity contribution in [3.05, 3.63) is 36.2 Å². The van der Waals surface area contributed by atoms with Crippen LogP contribution < -0.4 is 10.6 Å². The summed E-state index contributed by atoms with van der Waals surface area (Å²) in [5, 5.41) is 10.0. The summed E-state index contributed by atoms with van der Waals surface area (Å²) in [7, 11) is 1.80. The molecular formula is C15H18N6O. The van der Waals surface area contributed by atoms with Crippen LogP contribution in [0.2, 0.25) is 0 Å². The number of nitrogens with one attached hydrogen (secondary N) is 3. The number of fused-ring (bicyclic) bond motifs is 1. The molecule has 7 nitrogen and oxygen atoms in total. The molecule has 0 aliphatic rings. The van der Waals surface area contributed by atoms with Crippen molar-refractivity contribution in [1.29, 1.82) is 0 Å². The highest BCUT2D eigenvalue weighted by Crippen LogP contribution is 2.17. The van der Waals surface area contributed by atoms with Crippen LogP contribution in [0.5, 0.6) is 0 Å². The summed E-state index contributed by atoms with van der Waals surface area (Å²) in [6, 6.07) is 5.66. The van der Waals surface area contributed by atoms with E-state index in [2.05, 4.69) is 25.7 Å². The maximum absolute atomic E-state index is 12.3. The highest BCUT2D eigenvalue weighted by molar-refractivity contribution is 6.05. The molecule has 2 heterocycles. The van der Waals surface area contributed by atoms with E-state index in [1.54, 1.807) is 36.3 Å². The number of H-pyrrole nitrogens is 1. The highest BCUT2D eigenvalue weighted by Gasteiger charge is 2.10. The van der Waals surface area contributed by atoms with Crippen molar-refractivity contribution in [2.75, 3.05) is 10.6 Å². The fourth-order valence-corrected chi connectivity index (χ4v) is 2.18. The number of hydrogen-bond donors (Lipinski definition) is 3. The fourth-order valence-electron chi connectivity index (χ4n) is 2.18. The van der Waals surface area contributed by atoms with Gasteiger partial charge in [0.05, 0.1) is 22.9 Å². The van der Waals surface area contributed by atoms with Gasteiger partial charge in [-0.1, -0.05) is 0 Å². The second-order valence-electron chi connectivity index (χ2n) is 5.47. The van der Waals surface area contributed by atoms with Gasteiger partial charge >= 0.3 is 0 Å². The molecule has 0 radical (unpaired) electrons. The van der Waals surface area contributed by atoms with Crippen LogP contribution in [0.1, 0.15) is 24.2 Å². The van der Waals surface area contributed by atoms with E-state index in [9.17, 15) is 4.79 Å². The van der Waals surface area contributed by atoms with Crippen LogP contribution in [0.15, 0.2) is 30.6 Å². The molecule has 0 spiro atoms. The van der Waals surface area contributed by atoms with Crippen molar-refractivity contribution < 1.29 is 4.79 Å². The number of aromatic amines is 1. The van der Waals surface area contributed by atoms with Crippen molar-refractivity contribution in [3.63, 3.8) is 0 Å². The van der Waals surface area contributed by atoms with Gasteiger partial charge in [0.1, 0.15) is 0 Å². The van der Waals surface area contributed by atoms with E-state index in [0.29, 0.717) is 17.2 Å². The molecule has 0 saturated heterocycles. The predicted molar refractivity (Wildman–Crippen MR) is 86.0 cm³/mol. The number of carbonyl (C=O) groups excluding carboxylic acids is 1. The summed E-state index contributed by atoms with van der Waals surface area (Å²) < 4.78 is 1.64. The predicted octanol–water partition coefficient (Wildman–Crippen LogP) is 2.37. The zero-order valence-electron chi connectivity index (χ0n) is 12.7. The van der Waals surface area contributed by atoms with Crippen LogP contribution in [0.4, 0.5) is 11.6 Å². The maximum Gasteiger partial charge on any atom is 0.255 e. The topological polar surface area (TPSA) is 87.6 Å². The van der Waals surface area contributed by atoms with E-state index in [1.165, 1.54) is 0 Å². The van der Waals surface area contributed by atoms with Gasteiger partial charge in [0, 0.05) is 24.8 Å². The molecule has 22 heavy (non-hydrogen) atoms. The van der Waals surface area contributed by atoms with Crippen molar-refractivity contribution in [2.45, 2.75) is 19.9 Å². The first-order valence-corrected chi connectivity index (χ1v) is 7.07. The molecule has 3 aromatic rings. The van der Waals surface area contributed by atoms with Gasteiger partial charge in [0.25, 0.3) is 5.91 Å². The number of imidazole rings is 1. The van der Waals surface area contributed by atoms with E-state index in [-0.39, 0.29) is 11.9 Å². The summed E-state index contributed by atoms with van der Waals surface area (Å²) in [6.07, 6.45) is 3.36. The number of amides is 1. The molecule has 0 aliphatic carbocycles. The van der Waals surface area contributed by atoms with Gasteiger partial charge in [0.2, 0.25) is 5.95 Å². The van der Waals surface area contributed by atoms with E-state index in [4.69, 9.17) is 0 Å². The summed E-state index contributed by atoms with van der Waals surface area (Å²) in [5.74, 6) is 0.526. The van der Waals surface area contributed by atoms with Crippen LogP contribution in [0.3, 0.4) is 0 Å². The summed E-state index contributed by atoms with van der Waals surface area (Å²) >= 11 is 0. The van der Waals surface area contributed by atoms with Gasteiger partial charge in [-0.05, 0) is 32.0 Å². The Kier molecular flexibility index (Phi) is 3.54. The third kappa shape index (κ3) is 2.93. The Labute approximate surface area is 127 Å². The molecule has 0 fully saturated rings. The number of carbonyl (C=O) groups is 1. The van der Waals surface area contributed by atoms with E-state index >= 15 is 0 Å². The number of aromatic nitrogens is 4. The number of aryl methyl sites for hydroxylation is 1. The number of rotatable bonds is 4. The first-order chi connectivity index (χ1) is 10.5. The van der Waals surface area contributed by atoms with Crippen LogP contribution in [0.25, 0.3) is 11.0 Å². The third-order valence-corrected chi connectivity index (χ3v) is 3.13. The first-order valence-electron chi connectivity index (χ1n) is 7.07. The normalized spacial score (nSPS) is 11.1. The smallest absolute Gasteiger partial charge is 0.255 e. The Bertz CT molecular complexity index is 816. The molecule has 0 saturated carbocycles. The molecule has 0 bridgehead atoms. The zero-order chi connectivity index (χ0) is 15.7. The van der Waals surface area contributed by atoms with Gasteiger partial charge in [-0.15, -0.1) is 0 Å².